The van der Waals surface area contributed by atoms with Gasteiger partial charge >= 0.3 is 48.9 Å². The second-order valence-corrected chi connectivity index (χ2v) is 1.22. The summed E-state index contributed by atoms with van der Waals surface area (Å²) in [6, 6.07) is 0. The largest absolute Gasteiger partial charge is 2.00 e. The molecule has 7 heavy (non-hydrogen) atoms. The summed E-state index contributed by atoms with van der Waals surface area (Å²) in [5, 5.41) is 0. The number of halogens is 1. The molecule has 0 aliphatic carbocycles. The van der Waals surface area contributed by atoms with Gasteiger partial charge in [-0.15, -0.1) is 0 Å². The predicted octanol–water partition coefficient (Wildman–Crippen LogP) is -4.71. The van der Waals surface area contributed by atoms with Crippen LogP contribution in [0.5, 0.6) is 0 Å². The summed E-state index contributed by atoms with van der Waals surface area (Å²) in [7, 11) is -5.17. The second kappa shape index (κ2) is 5.86. The van der Waals surface area contributed by atoms with Crippen LogP contribution in [0, 0.1) is 0 Å². The van der Waals surface area contributed by atoms with Crippen molar-refractivity contribution in [3.63, 3.8) is 0 Å². The van der Waals surface area contributed by atoms with Crippen molar-refractivity contribution in [1.29, 1.82) is 0 Å². The van der Waals surface area contributed by atoms with E-state index in [9.17, 15) is 0 Å². The molecule has 7 heteroatoms. The van der Waals surface area contributed by atoms with Gasteiger partial charge in [0.25, 0.3) is 0 Å². The van der Waals surface area contributed by atoms with Crippen LogP contribution >= 0.6 is 0 Å². The van der Waals surface area contributed by atoms with E-state index in [1.165, 1.54) is 0 Å². The zero-order chi connectivity index (χ0) is 4.50. The maximum atomic E-state index is 8.52. The molecule has 0 saturated carbocycles. The Morgan fingerprint density at radius 2 is 1.14 bits per heavy atom. The van der Waals surface area contributed by atoms with Crippen LogP contribution in [-0.2, 0) is 10.4 Å². The van der Waals surface area contributed by atoms with Crippen molar-refractivity contribution < 1.29 is 29.9 Å². The topological polar surface area (TPSA) is 80.3 Å². The van der Waals surface area contributed by atoms with Gasteiger partial charge in [-0.25, -0.2) is 0 Å². The van der Waals surface area contributed by atoms with Gasteiger partial charge in [-0.05, 0) is 0 Å². The van der Waals surface area contributed by atoms with Gasteiger partial charge in [0.2, 0.25) is 0 Å². The minimum Gasteiger partial charge on any atom is -1.00 e. The molecular weight excluding hydrogens is 269 g/mol. The maximum Gasteiger partial charge on any atom is 2.00 e. The Kier molecular flexibility index (Phi) is 13.3. The summed E-state index contributed by atoms with van der Waals surface area (Å²) in [5.41, 5.74) is 0. The third-order valence-corrected chi connectivity index (χ3v) is 0. The average Bonchev–Trinajstić information content (AvgIpc) is 0.722. The summed E-state index contributed by atoms with van der Waals surface area (Å²) < 4.78 is 34.1. The zero-order valence-electron chi connectivity index (χ0n) is 3.13. The van der Waals surface area contributed by atoms with E-state index in [1.807, 2.05) is 0 Å². The molecule has 0 aromatic rings. The summed E-state index contributed by atoms with van der Waals surface area (Å²) in [6.45, 7) is 0. The minimum atomic E-state index is -5.17. The second-order valence-electron chi connectivity index (χ2n) is 0.408. The molecule has 0 fully saturated rings. The van der Waals surface area contributed by atoms with Crippen LogP contribution in [0.3, 0.4) is 0 Å². The van der Waals surface area contributed by atoms with Crippen molar-refractivity contribution >= 4 is 59.3 Å². The quantitative estimate of drug-likeness (QED) is 0.251. The molecule has 0 amide bonds. The van der Waals surface area contributed by atoms with Crippen LogP contribution in [0.4, 0.5) is 0 Å². The van der Waals surface area contributed by atoms with E-state index in [0.29, 0.717) is 0 Å². The molecule has 0 aliphatic heterocycles. The van der Waals surface area contributed by atoms with Crippen LogP contribution in [0.25, 0.3) is 0 Å². The SMILES string of the molecule is O=S(=O)([O-])[O-].[Ba+2].[Cl-]. The monoisotopic (exact) mass is 269 g/mol. The van der Waals surface area contributed by atoms with Crippen LogP contribution in [0.1, 0.15) is 0 Å². The summed E-state index contributed by atoms with van der Waals surface area (Å²) in [4.78, 5) is 0. The molecule has 0 aromatic heterocycles. The summed E-state index contributed by atoms with van der Waals surface area (Å²) in [6.07, 6.45) is 0. The van der Waals surface area contributed by atoms with Crippen molar-refractivity contribution in [3.8, 4) is 0 Å². The molecule has 0 spiro atoms. The van der Waals surface area contributed by atoms with E-state index >= 15 is 0 Å². The Morgan fingerprint density at radius 1 is 1.14 bits per heavy atom. The average molecular weight is 269 g/mol. The van der Waals surface area contributed by atoms with Crippen LogP contribution in [-0.4, -0.2) is 66.4 Å². The van der Waals surface area contributed by atoms with E-state index in [-0.39, 0.29) is 61.3 Å². The van der Waals surface area contributed by atoms with E-state index < -0.39 is 10.4 Å². The smallest absolute Gasteiger partial charge is 1.00 e. The molecule has 0 saturated heterocycles. The van der Waals surface area contributed by atoms with E-state index in [0.717, 1.165) is 0 Å². The van der Waals surface area contributed by atoms with Gasteiger partial charge in [-0.3, -0.25) is 8.42 Å². The molecule has 0 aromatic carbocycles. The molecule has 0 radical (unpaired) electrons. The maximum absolute atomic E-state index is 8.52. The Bertz CT molecular complexity index is 94.9. The Balaban J connectivity index is -0.0000000800. The third kappa shape index (κ3) is 84.7. The molecule has 40 valence electrons. The molecule has 0 unspecified atom stereocenters. The standard InChI is InChI=1S/Ba.ClH.H2O4S/c;;1-5(2,3)4/h;1H;(H2,1,2,3,4)/q+2;;/p-3. The van der Waals surface area contributed by atoms with Gasteiger partial charge in [0.15, 0.2) is 0 Å². The number of hydrogen-bond acceptors (Lipinski definition) is 4. The van der Waals surface area contributed by atoms with Crippen molar-refractivity contribution in [1.82, 2.24) is 0 Å². The fourth-order valence-electron chi connectivity index (χ4n) is 0. The van der Waals surface area contributed by atoms with Crippen molar-refractivity contribution in [2.75, 3.05) is 0 Å². The van der Waals surface area contributed by atoms with Gasteiger partial charge in [0, 0.05) is 10.4 Å². The van der Waals surface area contributed by atoms with Crippen LogP contribution in [0.2, 0.25) is 0 Å². The molecule has 0 N–H and O–H groups in total. The van der Waals surface area contributed by atoms with Gasteiger partial charge in [0.05, 0.1) is 0 Å². The first-order valence-electron chi connectivity index (χ1n) is 0.667. The molecular formula is BaClO4S-. The molecule has 4 nitrogen and oxygen atoms in total. The van der Waals surface area contributed by atoms with Crippen molar-refractivity contribution in [2.24, 2.45) is 0 Å². The normalized spacial score (nSPS) is 8.29. The molecule has 0 rings (SSSR count). The first-order valence-corrected chi connectivity index (χ1v) is 2.00. The number of hydrogen-bond donors (Lipinski definition) is 0. The minimum absolute atomic E-state index is 0. The van der Waals surface area contributed by atoms with Gasteiger partial charge in [-0.2, -0.15) is 0 Å². The Morgan fingerprint density at radius 3 is 1.14 bits per heavy atom. The first-order chi connectivity index (χ1) is 2.00. The Labute approximate surface area is 87.7 Å². The third-order valence-electron chi connectivity index (χ3n) is 0. The molecule has 0 bridgehead atoms. The molecule has 0 atom stereocenters. The zero-order valence-corrected chi connectivity index (χ0v) is 9.14. The van der Waals surface area contributed by atoms with Crippen molar-refractivity contribution in [2.45, 2.75) is 0 Å². The van der Waals surface area contributed by atoms with E-state index in [2.05, 4.69) is 0 Å². The van der Waals surface area contributed by atoms with Crippen LogP contribution < -0.4 is 12.4 Å². The van der Waals surface area contributed by atoms with E-state index in [4.69, 9.17) is 17.5 Å². The first kappa shape index (κ1) is 15.9. The molecule has 0 heterocycles. The Hall–Kier alpha value is 1.73. The van der Waals surface area contributed by atoms with Crippen LogP contribution in [0.15, 0.2) is 0 Å². The fraction of sp³-hybridized carbons (Fsp3) is 0. The van der Waals surface area contributed by atoms with Crippen molar-refractivity contribution in [3.05, 3.63) is 0 Å². The molecule has 0 aliphatic rings. The number of rotatable bonds is 0. The van der Waals surface area contributed by atoms with E-state index in [1.54, 1.807) is 0 Å². The predicted molar refractivity (Wildman–Crippen MR) is 16.2 cm³/mol. The summed E-state index contributed by atoms with van der Waals surface area (Å²) >= 11 is 0. The van der Waals surface area contributed by atoms with Gasteiger partial charge < -0.3 is 21.5 Å². The summed E-state index contributed by atoms with van der Waals surface area (Å²) in [5.74, 6) is 0. The van der Waals surface area contributed by atoms with Gasteiger partial charge in [-0.1, -0.05) is 0 Å². The van der Waals surface area contributed by atoms with Gasteiger partial charge in [0.1, 0.15) is 0 Å². The fourth-order valence-corrected chi connectivity index (χ4v) is 0.